The molecule has 0 unspecified atom stereocenters. The van der Waals surface area contributed by atoms with Crippen LogP contribution in [0.3, 0.4) is 0 Å². The lowest BCUT2D eigenvalue weighted by atomic mass is 9.97. The zero-order valence-electron chi connectivity index (χ0n) is 17.1. The molecule has 0 aliphatic heterocycles. The molecule has 0 radical (unpaired) electrons. The summed E-state index contributed by atoms with van der Waals surface area (Å²) in [5, 5.41) is 9.74. The van der Waals surface area contributed by atoms with Crippen LogP contribution in [0.2, 0.25) is 0 Å². The molecule has 4 rings (SSSR count). The van der Waals surface area contributed by atoms with Crippen LogP contribution in [0.5, 0.6) is 11.5 Å². The molecule has 0 saturated carbocycles. The van der Waals surface area contributed by atoms with E-state index in [0.29, 0.717) is 35.7 Å². The first-order chi connectivity index (χ1) is 14.5. The molecule has 1 aliphatic rings. The summed E-state index contributed by atoms with van der Waals surface area (Å²) < 4.78 is 12.4. The van der Waals surface area contributed by atoms with Crippen molar-refractivity contribution in [3.8, 4) is 22.9 Å². The Morgan fingerprint density at radius 1 is 1.20 bits per heavy atom. The maximum absolute atomic E-state index is 13.5. The first-order valence-electron chi connectivity index (χ1n) is 10.0. The number of aryl methyl sites for hydroxylation is 2. The standard InChI is InChI=1S/C22H24N2O5S/c1-28-15-10-9-13(12-16(15)29-2)20-23-21-19(14-6-3-4-7-17(14)30-21)22(27)24(20)11-5-8-18(25)26/h9-10,12H,3-8,11H2,1-2H3,(H,25,26). The summed E-state index contributed by atoms with van der Waals surface area (Å²) in [4.78, 5) is 31.4. The van der Waals surface area contributed by atoms with E-state index in [1.807, 2.05) is 6.07 Å². The molecule has 158 valence electrons. The molecule has 0 amide bonds. The van der Waals surface area contributed by atoms with E-state index in [1.165, 1.54) is 4.88 Å². The van der Waals surface area contributed by atoms with E-state index in [0.717, 1.165) is 41.6 Å². The van der Waals surface area contributed by atoms with Crippen LogP contribution < -0.4 is 15.0 Å². The average Bonchev–Trinajstić information content (AvgIpc) is 3.13. The van der Waals surface area contributed by atoms with Gasteiger partial charge in [-0.2, -0.15) is 0 Å². The lowest BCUT2D eigenvalue weighted by molar-refractivity contribution is -0.137. The predicted molar refractivity (Wildman–Crippen MR) is 116 cm³/mol. The summed E-state index contributed by atoms with van der Waals surface area (Å²) in [5.74, 6) is 0.788. The number of rotatable bonds is 7. The van der Waals surface area contributed by atoms with E-state index in [-0.39, 0.29) is 12.0 Å². The molecule has 1 aromatic carbocycles. The van der Waals surface area contributed by atoms with Gasteiger partial charge in [0.1, 0.15) is 10.7 Å². The van der Waals surface area contributed by atoms with Gasteiger partial charge in [-0.1, -0.05) is 0 Å². The van der Waals surface area contributed by atoms with E-state index < -0.39 is 5.97 Å². The molecule has 3 aromatic rings. The number of thiophene rings is 1. The number of carboxylic acids is 1. The number of hydrogen-bond donors (Lipinski definition) is 1. The van der Waals surface area contributed by atoms with Gasteiger partial charge < -0.3 is 14.6 Å². The van der Waals surface area contributed by atoms with E-state index in [9.17, 15) is 9.59 Å². The second-order valence-electron chi connectivity index (χ2n) is 7.35. The highest BCUT2D eigenvalue weighted by Gasteiger charge is 2.23. The van der Waals surface area contributed by atoms with Gasteiger partial charge in [0.2, 0.25) is 0 Å². The van der Waals surface area contributed by atoms with Gasteiger partial charge in [-0.3, -0.25) is 14.2 Å². The predicted octanol–water partition coefficient (Wildman–Crippen LogP) is 3.89. The molecular formula is C22H24N2O5S. The van der Waals surface area contributed by atoms with Gasteiger partial charge in [-0.25, -0.2) is 4.98 Å². The first kappa shape index (κ1) is 20.4. The van der Waals surface area contributed by atoms with Gasteiger partial charge in [0.05, 0.1) is 19.6 Å². The maximum Gasteiger partial charge on any atom is 0.303 e. The van der Waals surface area contributed by atoms with Crippen LogP contribution in [0.25, 0.3) is 21.6 Å². The third-order valence-corrected chi connectivity index (χ3v) is 6.67. The van der Waals surface area contributed by atoms with Crippen molar-refractivity contribution in [3.63, 3.8) is 0 Å². The summed E-state index contributed by atoms with van der Waals surface area (Å²) >= 11 is 1.60. The van der Waals surface area contributed by atoms with Gasteiger partial charge in [-0.15, -0.1) is 11.3 Å². The molecule has 30 heavy (non-hydrogen) atoms. The lowest BCUT2D eigenvalue weighted by Gasteiger charge is -2.15. The molecule has 0 saturated heterocycles. The number of carboxylic acid groups (broad SMARTS) is 1. The Bertz CT molecular complexity index is 1160. The minimum atomic E-state index is -0.877. The topological polar surface area (TPSA) is 90.7 Å². The molecule has 2 aromatic heterocycles. The third kappa shape index (κ3) is 3.67. The van der Waals surface area contributed by atoms with Gasteiger partial charge in [0.25, 0.3) is 5.56 Å². The quantitative estimate of drug-likeness (QED) is 0.614. The van der Waals surface area contributed by atoms with Crippen LogP contribution in [0, 0.1) is 0 Å². The van der Waals surface area contributed by atoms with Crippen molar-refractivity contribution in [2.45, 2.75) is 45.1 Å². The molecule has 2 heterocycles. The highest BCUT2D eigenvalue weighted by molar-refractivity contribution is 7.18. The Morgan fingerprint density at radius 3 is 2.70 bits per heavy atom. The maximum atomic E-state index is 13.5. The number of fused-ring (bicyclic) bond motifs is 3. The van der Waals surface area contributed by atoms with E-state index >= 15 is 0 Å². The number of hydrogen-bond acceptors (Lipinski definition) is 6. The normalized spacial score (nSPS) is 13.3. The lowest BCUT2D eigenvalue weighted by Crippen LogP contribution is -2.24. The number of benzene rings is 1. The molecule has 0 fully saturated rings. The second kappa shape index (κ2) is 8.47. The van der Waals surface area contributed by atoms with Crippen molar-refractivity contribution in [3.05, 3.63) is 39.0 Å². The number of methoxy groups -OCH3 is 2. The van der Waals surface area contributed by atoms with Crippen LogP contribution in [0.4, 0.5) is 0 Å². The van der Waals surface area contributed by atoms with Gasteiger partial charge in [0.15, 0.2) is 11.5 Å². The van der Waals surface area contributed by atoms with Crippen molar-refractivity contribution in [2.75, 3.05) is 14.2 Å². The van der Waals surface area contributed by atoms with Crippen LogP contribution in [0.15, 0.2) is 23.0 Å². The van der Waals surface area contributed by atoms with Crippen LogP contribution >= 0.6 is 11.3 Å². The summed E-state index contributed by atoms with van der Waals surface area (Å²) in [6.07, 6.45) is 4.45. The Labute approximate surface area is 177 Å². The van der Waals surface area contributed by atoms with E-state index in [4.69, 9.17) is 19.6 Å². The number of nitrogens with zero attached hydrogens (tertiary/aromatic N) is 2. The highest BCUT2D eigenvalue weighted by Crippen LogP contribution is 2.36. The first-order valence-corrected chi connectivity index (χ1v) is 10.8. The van der Waals surface area contributed by atoms with Gasteiger partial charge >= 0.3 is 5.97 Å². The van der Waals surface area contributed by atoms with Gasteiger partial charge in [0, 0.05) is 23.4 Å². The van der Waals surface area contributed by atoms with Crippen molar-refractivity contribution in [2.24, 2.45) is 0 Å². The van der Waals surface area contributed by atoms with Crippen LogP contribution in [-0.2, 0) is 24.2 Å². The van der Waals surface area contributed by atoms with E-state index in [1.54, 1.807) is 42.3 Å². The van der Waals surface area contributed by atoms with Crippen LogP contribution in [-0.4, -0.2) is 34.8 Å². The Hall–Kier alpha value is -2.87. The molecule has 0 atom stereocenters. The minimum absolute atomic E-state index is 0.00239. The summed E-state index contributed by atoms with van der Waals surface area (Å²) in [6, 6.07) is 5.43. The van der Waals surface area contributed by atoms with E-state index in [2.05, 4.69) is 0 Å². The van der Waals surface area contributed by atoms with Crippen molar-refractivity contribution in [1.29, 1.82) is 0 Å². The number of aliphatic carboxylic acids is 1. The molecule has 1 N–H and O–H groups in total. The van der Waals surface area contributed by atoms with Gasteiger partial charge in [-0.05, 0) is 55.9 Å². The largest absolute Gasteiger partial charge is 0.493 e. The molecular weight excluding hydrogens is 404 g/mol. The summed E-state index contributed by atoms with van der Waals surface area (Å²) in [6.45, 7) is 0.294. The third-order valence-electron chi connectivity index (χ3n) is 5.49. The highest BCUT2D eigenvalue weighted by atomic mass is 32.1. The fourth-order valence-electron chi connectivity index (χ4n) is 4.03. The zero-order chi connectivity index (χ0) is 21.3. The summed E-state index contributed by atoms with van der Waals surface area (Å²) in [7, 11) is 3.13. The molecule has 1 aliphatic carbocycles. The molecule has 7 nitrogen and oxygen atoms in total. The SMILES string of the molecule is COc1ccc(-c2nc3sc4c(c3c(=O)n2CCCC(=O)O)CCCC4)cc1OC. The number of aromatic nitrogens is 2. The summed E-state index contributed by atoms with van der Waals surface area (Å²) in [5.41, 5.74) is 1.77. The smallest absolute Gasteiger partial charge is 0.303 e. The van der Waals surface area contributed by atoms with Crippen molar-refractivity contribution < 1.29 is 19.4 Å². The molecule has 0 spiro atoms. The number of carbonyl (C=O) groups is 1. The fraction of sp³-hybridized carbons (Fsp3) is 0.409. The fourth-order valence-corrected chi connectivity index (χ4v) is 5.28. The van der Waals surface area contributed by atoms with Crippen molar-refractivity contribution in [1.82, 2.24) is 9.55 Å². The Morgan fingerprint density at radius 2 is 1.97 bits per heavy atom. The Kier molecular flexibility index (Phi) is 5.76. The molecule has 8 heteroatoms. The van der Waals surface area contributed by atoms with Crippen molar-refractivity contribution >= 4 is 27.5 Å². The minimum Gasteiger partial charge on any atom is -0.493 e. The zero-order valence-corrected chi connectivity index (χ0v) is 17.9. The van der Waals surface area contributed by atoms with Crippen LogP contribution in [0.1, 0.15) is 36.1 Å². The second-order valence-corrected chi connectivity index (χ2v) is 8.43. The number of ether oxygens (including phenoxy) is 2. The molecule has 0 bridgehead atoms. The average molecular weight is 429 g/mol. The Balaban J connectivity index is 1.90. The monoisotopic (exact) mass is 428 g/mol.